The van der Waals surface area contributed by atoms with Gasteiger partial charge in [-0.2, -0.15) is 0 Å². The second kappa shape index (κ2) is 9.81. The molecule has 0 aromatic rings. The third-order valence-corrected chi connectivity index (χ3v) is 3.95. The second-order valence-electron chi connectivity index (χ2n) is 5.36. The molecule has 0 aromatic heterocycles. The fraction of sp³-hybridized carbons (Fsp3) is 0.923. The molecule has 1 amide bonds. The predicted molar refractivity (Wildman–Crippen MR) is 83.4 cm³/mol. The van der Waals surface area contributed by atoms with Crippen LogP contribution in [0.2, 0.25) is 0 Å². The minimum atomic E-state index is 0. The molecule has 0 saturated carbocycles. The van der Waals surface area contributed by atoms with Crippen molar-refractivity contribution < 1.29 is 4.79 Å². The van der Waals surface area contributed by atoms with E-state index in [1.165, 1.54) is 13.0 Å². The lowest BCUT2D eigenvalue weighted by molar-refractivity contribution is -0.123. The molecule has 2 fully saturated rings. The molecule has 2 heterocycles. The van der Waals surface area contributed by atoms with Gasteiger partial charge in [0.05, 0.1) is 0 Å². The van der Waals surface area contributed by atoms with E-state index in [-0.39, 0.29) is 30.7 Å². The standard InChI is InChI=1S/C13H25N3O.2ClH/c1-2-16-7-3-4-12(10-16)15-13(17)8-11-5-6-14-9-11;;/h11-12,14H,2-10H2,1H3,(H,15,17);2*1H. The molecule has 2 saturated heterocycles. The van der Waals surface area contributed by atoms with Crippen LogP contribution in [-0.2, 0) is 4.79 Å². The molecule has 0 radical (unpaired) electrons. The van der Waals surface area contributed by atoms with Crippen molar-refractivity contribution in [3.8, 4) is 0 Å². The van der Waals surface area contributed by atoms with Crippen molar-refractivity contribution in [2.45, 2.75) is 38.6 Å². The Hall–Kier alpha value is -0.0300. The number of halogens is 2. The summed E-state index contributed by atoms with van der Waals surface area (Å²) >= 11 is 0. The minimum absolute atomic E-state index is 0. The summed E-state index contributed by atoms with van der Waals surface area (Å²) in [5.41, 5.74) is 0. The number of hydrogen-bond donors (Lipinski definition) is 2. The van der Waals surface area contributed by atoms with Gasteiger partial charge >= 0.3 is 0 Å². The Morgan fingerprint density at radius 1 is 1.37 bits per heavy atom. The molecular formula is C13H27Cl2N3O. The third-order valence-electron chi connectivity index (χ3n) is 3.95. The maximum atomic E-state index is 11.9. The van der Waals surface area contributed by atoms with Crippen LogP contribution in [0, 0.1) is 5.92 Å². The first kappa shape index (κ1) is 19.0. The molecule has 0 aliphatic carbocycles. The first-order valence-electron chi connectivity index (χ1n) is 7.00. The van der Waals surface area contributed by atoms with Crippen LogP contribution >= 0.6 is 24.8 Å². The molecule has 2 N–H and O–H groups in total. The van der Waals surface area contributed by atoms with Crippen LogP contribution in [-0.4, -0.2) is 49.6 Å². The van der Waals surface area contributed by atoms with Crippen molar-refractivity contribution in [1.29, 1.82) is 0 Å². The average Bonchev–Trinajstić information content (AvgIpc) is 2.82. The molecule has 4 nitrogen and oxygen atoms in total. The summed E-state index contributed by atoms with van der Waals surface area (Å²) < 4.78 is 0. The second-order valence-corrected chi connectivity index (χ2v) is 5.36. The van der Waals surface area contributed by atoms with Gasteiger partial charge in [-0.25, -0.2) is 0 Å². The molecule has 6 heteroatoms. The summed E-state index contributed by atoms with van der Waals surface area (Å²) in [6.07, 6.45) is 4.21. The molecule has 2 unspecified atom stereocenters. The van der Waals surface area contributed by atoms with E-state index in [0.29, 0.717) is 18.4 Å². The van der Waals surface area contributed by atoms with Crippen LogP contribution in [0.1, 0.15) is 32.6 Å². The molecule has 0 spiro atoms. The van der Waals surface area contributed by atoms with E-state index in [9.17, 15) is 4.79 Å². The lowest BCUT2D eigenvalue weighted by Crippen LogP contribution is -2.47. The first-order chi connectivity index (χ1) is 8.28. The van der Waals surface area contributed by atoms with Gasteiger partial charge in [-0.3, -0.25) is 4.79 Å². The zero-order valence-corrected chi connectivity index (χ0v) is 13.3. The monoisotopic (exact) mass is 311 g/mol. The van der Waals surface area contributed by atoms with Gasteiger partial charge in [0.15, 0.2) is 0 Å². The van der Waals surface area contributed by atoms with E-state index < -0.39 is 0 Å². The number of likely N-dealkylation sites (tertiary alicyclic amines) is 1. The number of nitrogens with zero attached hydrogens (tertiary/aromatic N) is 1. The van der Waals surface area contributed by atoms with Gasteiger partial charge in [-0.1, -0.05) is 6.92 Å². The van der Waals surface area contributed by atoms with Crippen LogP contribution in [0.4, 0.5) is 0 Å². The lowest BCUT2D eigenvalue weighted by atomic mass is 10.0. The Morgan fingerprint density at radius 2 is 2.16 bits per heavy atom. The summed E-state index contributed by atoms with van der Waals surface area (Å²) in [5.74, 6) is 0.808. The zero-order chi connectivity index (χ0) is 12.1. The zero-order valence-electron chi connectivity index (χ0n) is 11.7. The Morgan fingerprint density at radius 3 is 2.79 bits per heavy atom. The highest BCUT2D eigenvalue weighted by Gasteiger charge is 2.22. The number of amides is 1. The van der Waals surface area contributed by atoms with Crippen LogP contribution in [0.15, 0.2) is 0 Å². The Kier molecular flexibility index (Phi) is 9.79. The number of rotatable bonds is 4. The molecule has 2 atom stereocenters. The molecule has 0 bridgehead atoms. The Balaban J connectivity index is 0.00000162. The average molecular weight is 312 g/mol. The Bertz CT molecular complexity index is 260. The van der Waals surface area contributed by atoms with Gasteiger partial charge < -0.3 is 15.5 Å². The number of likely N-dealkylation sites (N-methyl/N-ethyl adjacent to an activating group) is 1. The van der Waals surface area contributed by atoms with Gasteiger partial charge in [0, 0.05) is 19.0 Å². The topological polar surface area (TPSA) is 44.4 Å². The largest absolute Gasteiger partial charge is 0.352 e. The van der Waals surface area contributed by atoms with E-state index in [2.05, 4.69) is 22.5 Å². The fourth-order valence-corrected chi connectivity index (χ4v) is 2.90. The molecule has 2 aliphatic rings. The number of piperidine rings is 1. The highest BCUT2D eigenvalue weighted by Crippen LogP contribution is 2.13. The van der Waals surface area contributed by atoms with Crippen molar-refractivity contribution >= 4 is 30.7 Å². The summed E-state index contributed by atoms with van der Waals surface area (Å²) in [7, 11) is 0. The summed E-state index contributed by atoms with van der Waals surface area (Å²) in [5, 5.41) is 6.51. The number of nitrogens with one attached hydrogen (secondary N) is 2. The van der Waals surface area contributed by atoms with Crippen molar-refractivity contribution in [3.05, 3.63) is 0 Å². The fourth-order valence-electron chi connectivity index (χ4n) is 2.90. The van der Waals surface area contributed by atoms with E-state index in [0.717, 1.165) is 39.0 Å². The van der Waals surface area contributed by atoms with Gasteiger partial charge in [0.1, 0.15) is 0 Å². The van der Waals surface area contributed by atoms with Crippen LogP contribution < -0.4 is 10.6 Å². The maximum absolute atomic E-state index is 11.9. The quantitative estimate of drug-likeness (QED) is 0.825. The summed E-state index contributed by atoms with van der Waals surface area (Å²) in [6, 6.07) is 0.380. The van der Waals surface area contributed by atoms with Crippen molar-refractivity contribution in [3.63, 3.8) is 0 Å². The van der Waals surface area contributed by atoms with E-state index in [1.807, 2.05) is 0 Å². The van der Waals surface area contributed by atoms with Crippen molar-refractivity contribution in [2.24, 2.45) is 5.92 Å². The smallest absolute Gasteiger partial charge is 0.220 e. The molecule has 0 aromatic carbocycles. The van der Waals surface area contributed by atoms with Crippen LogP contribution in [0.3, 0.4) is 0 Å². The van der Waals surface area contributed by atoms with Gasteiger partial charge in [0.25, 0.3) is 0 Å². The van der Waals surface area contributed by atoms with E-state index >= 15 is 0 Å². The highest BCUT2D eigenvalue weighted by molar-refractivity contribution is 5.85. The molecular weight excluding hydrogens is 285 g/mol. The van der Waals surface area contributed by atoms with Crippen molar-refractivity contribution in [1.82, 2.24) is 15.5 Å². The maximum Gasteiger partial charge on any atom is 0.220 e. The van der Waals surface area contributed by atoms with Gasteiger partial charge in [-0.15, -0.1) is 24.8 Å². The highest BCUT2D eigenvalue weighted by atomic mass is 35.5. The SMILES string of the molecule is CCN1CCCC(NC(=O)CC2CCNC2)C1.Cl.Cl. The molecule has 19 heavy (non-hydrogen) atoms. The minimum Gasteiger partial charge on any atom is -0.352 e. The molecule has 2 aliphatic heterocycles. The number of carbonyl (C=O) groups excluding carboxylic acids is 1. The van der Waals surface area contributed by atoms with E-state index in [4.69, 9.17) is 0 Å². The Labute approximate surface area is 128 Å². The van der Waals surface area contributed by atoms with E-state index in [1.54, 1.807) is 0 Å². The third kappa shape index (κ3) is 6.30. The van der Waals surface area contributed by atoms with Gasteiger partial charge in [-0.05, 0) is 51.4 Å². The van der Waals surface area contributed by atoms with Crippen molar-refractivity contribution in [2.75, 3.05) is 32.7 Å². The summed E-state index contributed by atoms with van der Waals surface area (Å²) in [4.78, 5) is 14.3. The van der Waals surface area contributed by atoms with Crippen LogP contribution in [0.25, 0.3) is 0 Å². The first-order valence-corrected chi connectivity index (χ1v) is 7.00. The van der Waals surface area contributed by atoms with Gasteiger partial charge in [0.2, 0.25) is 5.91 Å². The lowest BCUT2D eigenvalue weighted by Gasteiger charge is -2.32. The summed E-state index contributed by atoms with van der Waals surface area (Å²) in [6.45, 7) is 7.60. The number of hydrogen-bond acceptors (Lipinski definition) is 3. The molecule has 114 valence electrons. The molecule has 2 rings (SSSR count). The predicted octanol–water partition coefficient (Wildman–Crippen LogP) is 1.43. The normalized spacial score (nSPS) is 27.2. The van der Waals surface area contributed by atoms with Crippen LogP contribution in [0.5, 0.6) is 0 Å². The number of carbonyl (C=O) groups is 1.